The maximum atomic E-state index is 12.4. The van der Waals surface area contributed by atoms with Gasteiger partial charge in [-0.1, -0.05) is 17.3 Å². The number of para-hydroxylation sites is 1. The topological polar surface area (TPSA) is 56.5 Å². The van der Waals surface area contributed by atoms with Crippen molar-refractivity contribution in [1.29, 1.82) is 0 Å². The summed E-state index contributed by atoms with van der Waals surface area (Å²) in [5.41, 5.74) is 1.30. The molecule has 2 aromatic rings. The summed E-state index contributed by atoms with van der Waals surface area (Å²) >= 11 is 0. The fourth-order valence-electron chi connectivity index (χ4n) is 1.74. The van der Waals surface area contributed by atoms with E-state index < -0.39 is 6.61 Å². The Morgan fingerprint density at radius 1 is 1.30 bits per heavy atom. The van der Waals surface area contributed by atoms with Crippen LogP contribution in [0.1, 0.15) is 11.3 Å². The molecule has 0 fully saturated rings. The summed E-state index contributed by atoms with van der Waals surface area (Å²) in [6, 6.07) is 6.69. The fourth-order valence-corrected chi connectivity index (χ4v) is 1.74. The van der Waals surface area contributed by atoms with Crippen molar-refractivity contribution in [2.24, 2.45) is 0 Å². The van der Waals surface area contributed by atoms with Crippen LogP contribution >= 0.6 is 0 Å². The second-order valence-corrected chi connectivity index (χ2v) is 3.92. The molecule has 1 heterocycles. The third kappa shape index (κ3) is 3.67. The molecule has 0 amide bonds. The van der Waals surface area contributed by atoms with E-state index in [1.165, 1.54) is 13.4 Å². The van der Waals surface area contributed by atoms with Gasteiger partial charge in [0.05, 0.1) is 12.8 Å². The van der Waals surface area contributed by atoms with Gasteiger partial charge in [0.15, 0.2) is 11.5 Å². The summed E-state index contributed by atoms with van der Waals surface area (Å²) in [5.74, 6) is 0.309. The Morgan fingerprint density at radius 3 is 2.80 bits per heavy atom. The van der Waals surface area contributed by atoms with Crippen LogP contribution in [0.3, 0.4) is 0 Å². The molecule has 0 bridgehead atoms. The molecule has 0 unspecified atom stereocenters. The molecule has 1 aromatic carbocycles. The molecule has 108 valence electrons. The van der Waals surface area contributed by atoms with E-state index in [0.717, 1.165) is 5.69 Å². The quantitative estimate of drug-likeness (QED) is 0.847. The van der Waals surface area contributed by atoms with Crippen molar-refractivity contribution in [3.05, 3.63) is 41.8 Å². The van der Waals surface area contributed by atoms with E-state index in [9.17, 15) is 8.78 Å². The monoisotopic (exact) mass is 284 g/mol. The van der Waals surface area contributed by atoms with Crippen molar-refractivity contribution in [1.82, 2.24) is 10.5 Å². The first kappa shape index (κ1) is 14.3. The first-order valence-electron chi connectivity index (χ1n) is 5.91. The number of nitrogens with one attached hydrogen (secondary N) is 1. The lowest BCUT2D eigenvalue weighted by atomic mass is 10.2. The Kier molecular flexibility index (Phi) is 4.89. The number of alkyl halides is 2. The molecule has 0 aliphatic rings. The summed E-state index contributed by atoms with van der Waals surface area (Å²) < 4.78 is 39.1. The highest BCUT2D eigenvalue weighted by Gasteiger charge is 2.15. The van der Waals surface area contributed by atoms with Gasteiger partial charge >= 0.3 is 6.61 Å². The lowest BCUT2D eigenvalue weighted by molar-refractivity contribution is -0.0518. The molecule has 1 N–H and O–H groups in total. The minimum atomic E-state index is -2.90. The van der Waals surface area contributed by atoms with Crippen molar-refractivity contribution in [3.63, 3.8) is 0 Å². The molecule has 5 nitrogen and oxygen atoms in total. The largest absolute Gasteiger partial charge is 0.493 e. The minimum absolute atomic E-state index is 0.0395. The van der Waals surface area contributed by atoms with Gasteiger partial charge in [0.2, 0.25) is 0 Å². The Hall–Kier alpha value is -2.15. The molecule has 0 aliphatic heterocycles. The van der Waals surface area contributed by atoms with Gasteiger partial charge in [0, 0.05) is 24.7 Å². The van der Waals surface area contributed by atoms with Crippen LogP contribution in [-0.2, 0) is 13.1 Å². The highest BCUT2D eigenvalue weighted by Crippen LogP contribution is 2.32. The van der Waals surface area contributed by atoms with Gasteiger partial charge in [0.25, 0.3) is 0 Å². The average Bonchev–Trinajstić information content (AvgIpc) is 2.93. The molecule has 2 rings (SSSR count). The van der Waals surface area contributed by atoms with Crippen LogP contribution in [-0.4, -0.2) is 18.9 Å². The van der Waals surface area contributed by atoms with E-state index in [2.05, 4.69) is 15.2 Å². The third-order valence-electron chi connectivity index (χ3n) is 2.60. The van der Waals surface area contributed by atoms with Crippen LogP contribution in [0.15, 0.2) is 35.1 Å². The first-order valence-corrected chi connectivity index (χ1v) is 5.91. The summed E-state index contributed by atoms with van der Waals surface area (Å²) in [6.07, 6.45) is 1.47. The Bertz CT molecular complexity index is 532. The molecule has 0 atom stereocenters. The second-order valence-electron chi connectivity index (χ2n) is 3.92. The Labute approximate surface area is 114 Å². The van der Waals surface area contributed by atoms with E-state index in [1.54, 1.807) is 24.3 Å². The van der Waals surface area contributed by atoms with E-state index in [1.807, 2.05) is 0 Å². The van der Waals surface area contributed by atoms with Crippen LogP contribution in [0, 0.1) is 0 Å². The molecular formula is C13H14F2N2O3. The number of hydrogen-bond donors (Lipinski definition) is 1. The maximum absolute atomic E-state index is 12.4. The highest BCUT2D eigenvalue weighted by molar-refractivity contribution is 5.46. The molecule has 0 saturated carbocycles. The van der Waals surface area contributed by atoms with Crippen molar-refractivity contribution >= 4 is 0 Å². The van der Waals surface area contributed by atoms with Crippen LogP contribution in [0.25, 0.3) is 0 Å². The first-order chi connectivity index (χ1) is 9.70. The van der Waals surface area contributed by atoms with Gasteiger partial charge in [-0.25, -0.2) is 0 Å². The number of benzene rings is 1. The number of aromatic nitrogens is 1. The zero-order valence-corrected chi connectivity index (χ0v) is 10.8. The number of rotatable bonds is 7. The van der Waals surface area contributed by atoms with Crippen molar-refractivity contribution < 1.29 is 22.8 Å². The molecule has 0 spiro atoms. The van der Waals surface area contributed by atoms with Crippen molar-refractivity contribution in [2.75, 3.05) is 7.11 Å². The molecule has 7 heteroatoms. The second kappa shape index (κ2) is 6.85. The van der Waals surface area contributed by atoms with E-state index >= 15 is 0 Å². The number of methoxy groups -OCH3 is 1. The van der Waals surface area contributed by atoms with Gasteiger partial charge in [-0.2, -0.15) is 8.78 Å². The molecule has 20 heavy (non-hydrogen) atoms. The average molecular weight is 284 g/mol. The van der Waals surface area contributed by atoms with Crippen LogP contribution in [0.5, 0.6) is 11.5 Å². The Morgan fingerprint density at radius 2 is 2.15 bits per heavy atom. The molecule has 0 radical (unpaired) electrons. The van der Waals surface area contributed by atoms with Crippen molar-refractivity contribution in [3.8, 4) is 11.5 Å². The van der Waals surface area contributed by atoms with E-state index in [-0.39, 0.29) is 11.5 Å². The Balaban J connectivity index is 2.05. The van der Waals surface area contributed by atoms with Crippen LogP contribution in [0.4, 0.5) is 8.78 Å². The normalized spacial score (nSPS) is 10.8. The van der Waals surface area contributed by atoms with Gasteiger partial charge in [0.1, 0.15) is 6.26 Å². The minimum Gasteiger partial charge on any atom is -0.493 e. The fraction of sp³-hybridized carbons (Fsp3) is 0.308. The summed E-state index contributed by atoms with van der Waals surface area (Å²) in [7, 11) is 1.40. The van der Waals surface area contributed by atoms with Gasteiger partial charge in [-0.15, -0.1) is 0 Å². The molecular weight excluding hydrogens is 270 g/mol. The van der Waals surface area contributed by atoms with Crippen LogP contribution < -0.4 is 14.8 Å². The zero-order chi connectivity index (χ0) is 14.4. The summed E-state index contributed by atoms with van der Waals surface area (Å²) in [6.45, 7) is -2.10. The lowest BCUT2D eigenvalue weighted by Gasteiger charge is -2.14. The molecule has 1 aromatic heterocycles. The summed E-state index contributed by atoms with van der Waals surface area (Å²) in [4.78, 5) is 0. The number of halogens is 2. The van der Waals surface area contributed by atoms with Gasteiger partial charge in [-0.05, 0) is 6.07 Å². The highest BCUT2D eigenvalue weighted by atomic mass is 19.3. The predicted molar refractivity (Wildman–Crippen MR) is 66.7 cm³/mol. The lowest BCUT2D eigenvalue weighted by Crippen LogP contribution is -2.15. The zero-order valence-electron chi connectivity index (χ0n) is 10.8. The van der Waals surface area contributed by atoms with Crippen LogP contribution in [0.2, 0.25) is 0 Å². The van der Waals surface area contributed by atoms with E-state index in [0.29, 0.717) is 18.7 Å². The SMILES string of the molecule is COc1cccc(CNCc2ccon2)c1OC(F)F. The van der Waals surface area contributed by atoms with Crippen molar-refractivity contribution in [2.45, 2.75) is 19.7 Å². The number of hydrogen-bond acceptors (Lipinski definition) is 5. The predicted octanol–water partition coefficient (Wildman–Crippen LogP) is 2.57. The number of nitrogens with zero attached hydrogens (tertiary/aromatic N) is 1. The summed E-state index contributed by atoms with van der Waals surface area (Å²) in [5, 5.41) is 6.80. The maximum Gasteiger partial charge on any atom is 0.387 e. The van der Waals surface area contributed by atoms with E-state index in [4.69, 9.17) is 9.26 Å². The standard InChI is InChI=1S/C13H14F2N2O3/c1-18-11-4-2-3-9(12(11)20-13(14)15)7-16-8-10-5-6-19-17-10/h2-6,13,16H,7-8H2,1H3. The van der Waals surface area contributed by atoms with Gasteiger partial charge < -0.3 is 19.3 Å². The molecule has 0 aliphatic carbocycles. The number of ether oxygens (including phenoxy) is 2. The van der Waals surface area contributed by atoms with Gasteiger partial charge in [-0.3, -0.25) is 0 Å². The third-order valence-corrected chi connectivity index (χ3v) is 2.60. The smallest absolute Gasteiger partial charge is 0.387 e. The molecule has 0 saturated heterocycles.